The molecule has 0 aliphatic carbocycles. The summed E-state index contributed by atoms with van der Waals surface area (Å²) in [5.41, 5.74) is 4.46. The lowest BCUT2D eigenvalue weighted by Crippen LogP contribution is -2.06. The van der Waals surface area contributed by atoms with Crippen LogP contribution in [0.3, 0.4) is 0 Å². The van der Waals surface area contributed by atoms with Gasteiger partial charge in [0.15, 0.2) is 22.6 Å². The third-order valence-electron chi connectivity index (χ3n) is 5.92. The zero-order chi connectivity index (χ0) is 26.1. The van der Waals surface area contributed by atoms with Crippen molar-refractivity contribution in [2.24, 2.45) is 7.05 Å². The van der Waals surface area contributed by atoms with E-state index in [1.807, 2.05) is 49.6 Å². The summed E-state index contributed by atoms with van der Waals surface area (Å²) < 4.78 is 17.7. The standard InChI is InChI=1S/C25H21ClFN11/c1-37-13-18-20(32-24(26)33-21(18)36-37)29-10-15-4-6-16(7-5-15)12-38-14-31-19-22(34-25(27)35-23(19)38)30-11-17-3-2-8-28-9-17/h2-9,13-14H,10-12H2,1H3,(H,30,34,35)(H,29,32,33,36). The van der Waals surface area contributed by atoms with Crippen molar-refractivity contribution in [2.45, 2.75) is 19.6 Å². The van der Waals surface area contributed by atoms with Crippen molar-refractivity contribution in [1.29, 1.82) is 0 Å². The molecular weight excluding hydrogens is 509 g/mol. The molecule has 13 heteroatoms. The molecule has 38 heavy (non-hydrogen) atoms. The van der Waals surface area contributed by atoms with E-state index in [0.717, 1.165) is 22.1 Å². The van der Waals surface area contributed by atoms with E-state index in [9.17, 15) is 4.39 Å². The number of imidazole rings is 1. The number of fused-ring (bicyclic) bond motifs is 2. The predicted octanol–water partition coefficient (Wildman–Crippen LogP) is 3.96. The molecule has 11 nitrogen and oxygen atoms in total. The number of hydrogen-bond donors (Lipinski definition) is 2. The lowest BCUT2D eigenvalue weighted by Gasteiger charge is -2.09. The van der Waals surface area contributed by atoms with E-state index < -0.39 is 6.08 Å². The molecule has 0 saturated heterocycles. The molecule has 2 N–H and O–H groups in total. The molecule has 0 fully saturated rings. The first kappa shape index (κ1) is 23.7. The highest BCUT2D eigenvalue weighted by Crippen LogP contribution is 2.23. The Morgan fingerprint density at radius 3 is 2.53 bits per heavy atom. The third kappa shape index (κ3) is 4.93. The molecule has 190 valence electrons. The van der Waals surface area contributed by atoms with Crippen molar-refractivity contribution in [3.8, 4) is 0 Å². The first-order valence-electron chi connectivity index (χ1n) is 11.7. The van der Waals surface area contributed by atoms with E-state index in [-0.39, 0.29) is 5.28 Å². The second kappa shape index (κ2) is 9.98. The minimum Gasteiger partial charge on any atom is -0.365 e. The molecule has 0 aliphatic rings. The van der Waals surface area contributed by atoms with Gasteiger partial charge in [0.2, 0.25) is 5.28 Å². The highest BCUT2D eigenvalue weighted by molar-refractivity contribution is 6.28. The number of aromatic nitrogens is 9. The number of benzene rings is 1. The minimum absolute atomic E-state index is 0.136. The summed E-state index contributed by atoms with van der Waals surface area (Å²) in [5, 5.41) is 11.7. The summed E-state index contributed by atoms with van der Waals surface area (Å²) in [4.78, 5) is 24.9. The smallest absolute Gasteiger partial charge is 0.312 e. The zero-order valence-corrected chi connectivity index (χ0v) is 20.9. The molecule has 0 atom stereocenters. The van der Waals surface area contributed by atoms with Gasteiger partial charge >= 0.3 is 6.08 Å². The fraction of sp³-hybridized carbons (Fsp3) is 0.160. The topological polar surface area (TPSA) is 124 Å². The van der Waals surface area contributed by atoms with Crippen molar-refractivity contribution >= 4 is 45.4 Å². The fourth-order valence-corrected chi connectivity index (χ4v) is 4.28. The van der Waals surface area contributed by atoms with Gasteiger partial charge in [0.05, 0.1) is 18.3 Å². The quantitative estimate of drug-likeness (QED) is 0.282. The molecule has 1 aromatic carbocycles. The van der Waals surface area contributed by atoms with Crippen LogP contribution in [-0.2, 0) is 26.7 Å². The zero-order valence-electron chi connectivity index (χ0n) is 20.2. The maximum Gasteiger partial charge on any atom is 0.312 e. The minimum atomic E-state index is -0.818. The normalized spacial score (nSPS) is 11.3. The average molecular weight is 530 g/mol. The summed E-state index contributed by atoms with van der Waals surface area (Å²) in [5.74, 6) is 0.959. The Hall–Kier alpha value is -4.71. The van der Waals surface area contributed by atoms with Crippen LogP contribution >= 0.6 is 11.6 Å². The number of rotatable bonds is 8. The van der Waals surface area contributed by atoms with E-state index in [1.54, 1.807) is 28.0 Å². The Labute approximate surface area is 220 Å². The van der Waals surface area contributed by atoms with Crippen molar-refractivity contribution in [2.75, 3.05) is 10.6 Å². The SMILES string of the molecule is Cn1cc2c(NCc3ccc(Cn4cnc5c(NCc6cccnc6)nc(F)nc54)cc3)nc(Cl)nc2n1. The number of pyridine rings is 1. The Balaban J connectivity index is 1.16. The van der Waals surface area contributed by atoms with Crippen LogP contribution in [-0.4, -0.2) is 44.3 Å². The summed E-state index contributed by atoms with van der Waals surface area (Å²) in [6.45, 7) is 1.45. The van der Waals surface area contributed by atoms with E-state index in [2.05, 4.69) is 45.6 Å². The molecule has 0 spiro atoms. The molecule has 0 saturated carbocycles. The van der Waals surface area contributed by atoms with Gasteiger partial charge in [0.1, 0.15) is 5.82 Å². The van der Waals surface area contributed by atoms with E-state index in [1.165, 1.54) is 0 Å². The van der Waals surface area contributed by atoms with Gasteiger partial charge in [0.25, 0.3) is 0 Å². The summed E-state index contributed by atoms with van der Waals surface area (Å²) in [6.07, 6.45) is 6.11. The first-order chi connectivity index (χ1) is 18.5. The molecule has 0 bridgehead atoms. The number of nitrogens with zero attached hydrogens (tertiary/aromatic N) is 9. The number of anilines is 2. The van der Waals surface area contributed by atoms with Gasteiger partial charge in [-0.3, -0.25) is 9.67 Å². The maximum atomic E-state index is 14.3. The monoisotopic (exact) mass is 529 g/mol. The average Bonchev–Trinajstić information content (AvgIpc) is 3.49. The molecule has 0 aliphatic heterocycles. The highest BCUT2D eigenvalue weighted by atomic mass is 35.5. The van der Waals surface area contributed by atoms with Gasteiger partial charge < -0.3 is 15.2 Å². The van der Waals surface area contributed by atoms with Crippen LogP contribution in [0.25, 0.3) is 22.2 Å². The molecule has 6 aromatic rings. The predicted molar refractivity (Wildman–Crippen MR) is 141 cm³/mol. The molecule has 0 amide bonds. The van der Waals surface area contributed by atoms with Crippen LogP contribution in [0.15, 0.2) is 61.3 Å². The van der Waals surface area contributed by atoms with Gasteiger partial charge in [-0.15, -0.1) is 0 Å². The number of nitrogens with one attached hydrogen (secondary N) is 2. The number of aryl methyl sites for hydroxylation is 1. The molecular formula is C25H21ClFN11. The number of hydrogen-bond acceptors (Lipinski definition) is 9. The van der Waals surface area contributed by atoms with Gasteiger partial charge in [-0.2, -0.15) is 29.4 Å². The van der Waals surface area contributed by atoms with Gasteiger partial charge in [-0.1, -0.05) is 30.3 Å². The van der Waals surface area contributed by atoms with Gasteiger partial charge in [-0.25, -0.2) is 4.98 Å². The third-order valence-corrected chi connectivity index (χ3v) is 6.09. The van der Waals surface area contributed by atoms with Crippen LogP contribution in [0.4, 0.5) is 16.0 Å². The van der Waals surface area contributed by atoms with Crippen LogP contribution in [0.2, 0.25) is 5.28 Å². The van der Waals surface area contributed by atoms with Crippen molar-refractivity contribution < 1.29 is 4.39 Å². The van der Waals surface area contributed by atoms with Crippen molar-refractivity contribution in [3.05, 3.63) is 89.4 Å². The Morgan fingerprint density at radius 2 is 1.71 bits per heavy atom. The fourth-order valence-electron chi connectivity index (χ4n) is 4.12. The molecule has 0 unspecified atom stereocenters. The lowest BCUT2D eigenvalue weighted by molar-refractivity contribution is 0.543. The van der Waals surface area contributed by atoms with Gasteiger partial charge in [-0.05, 0) is 34.4 Å². The summed E-state index contributed by atoms with van der Waals surface area (Å²) >= 11 is 6.05. The Kier molecular flexibility index (Phi) is 6.22. The second-order valence-electron chi connectivity index (χ2n) is 8.65. The largest absolute Gasteiger partial charge is 0.365 e. The molecule has 5 heterocycles. The van der Waals surface area contributed by atoms with E-state index in [0.29, 0.717) is 48.1 Å². The van der Waals surface area contributed by atoms with Crippen LogP contribution in [0.1, 0.15) is 16.7 Å². The Bertz CT molecular complexity index is 1730. The van der Waals surface area contributed by atoms with Crippen LogP contribution in [0.5, 0.6) is 0 Å². The molecule has 0 radical (unpaired) electrons. The summed E-state index contributed by atoms with van der Waals surface area (Å²) in [7, 11) is 1.82. The lowest BCUT2D eigenvalue weighted by atomic mass is 10.1. The van der Waals surface area contributed by atoms with Crippen molar-refractivity contribution in [3.63, 3.8) is 0 Å². The molecule has 6 rings (SSSR count). The van der Waals surface area contributed by atoms with E-state index >= 15 is 0 Å². The number of halogens is 2. The van der Waals surface area contributed by atoms with Crippen LogP contribution < -0.4 is 10.6 Å². The summed E-state index contributed by atoms with van der Waals surface area (Å²) in [6, 6.07) is 11.8. The second-order valence-corrected chi connectivity index (χ2v) is 8.99. The molecule has 5 aromatic heterocycles. The van der Waals surface area contributed by atoms with Gasteiger partial charge in [0, 0.05) is 38.7 Å². The van der Waals surface area contributed by atoms with E-state index in [4.69, 9.17) is 11.6 Å². The van der Waals surface area contributed by atoms with Crippen LogP contribution in [0, 0.1) is 6.08 Å². The van der Waals surface area contributed by atoms with Crippen molar-refractivity contribution in [1.82, 2.24) is 44.3 Å². The first-order valence-corrected chi connectivity index (χ1v) is 12.1. The highest BCUT2D eigenvalue weighted by Gasteiger charge is 2.14. The Morgan fingerprint density at radius 1 is 0.921 bits per heavy atom. The maximum absolute atomic E-state index is 14.3.